The van der Waals surface area contributed by atoms with Crippen molar-refractivity contribution in [2.45, 2.75) is 39.7 Å². The van der Waals surface area contributed by atoms with E-state index in [1.165, 1.54) is 0 Å². The van der Waals surface area contributed by atoms with Gasteiger partial charge in [-0.3, -0.25) is 9.89 Å². The average Bonchev–Trinajstić information content (AvgIpc) is 2.67. The number of nitrogen functional groups attached to an aromatic ring is 1. The topological polar surface area (TPSA) is 93.0 Å². The summed E-state index contributed by atoms with van der Waals surface area (Å²) in [6.07, 6.45) is 0.719. The Balaban J connectivity index is 2.63. The van der Waals surface area contributed by atoms with Crippen LogP contribution >= 0.6 is 0 Å². The van der Waals surface area contributed by atoms with Gasteiger partial charge in [0.1, 0.15) is 0 Å². The Hall–Kier alpha value is -1.56. The zero-order chi connectivity index (χ0) is 13.8. The van der Waals surface area contributed by atoms with Crippen molar-refractivity contribution < 1.29 is 9.53 Å². The summed E-state index contributed by atoms with van der Waals surface area (Å²) in [5, 5.41) is 9.47. The van der Waals surface area contributed by atoms with Crippen molar-refractivity contribution >= 4 is 11.6 Å². The first-order chi connectivity index (χ1) is 8.41. The maximum atomic E-state index is 11.9. The molecule has 1 amide bonds. The molecule has 1 aromatic rings. The van der Waals surface area contributed by atoms with Gasteiger partial charge in [0.05, 0.1) is 17.0 Å². The number of nitrogens with two attached hydrogens (primary N) is 1. The number of anilines is 1. The number of carbonyl (C=O) groups is 1. The third-order valence-electron chi connectivity index (χ3n) is 2.66. The molecule has 0 aliphatic heterocycles. The Morgan fingerprint density at radius 2 is 2.17 bits per heavy atom. The largest absolute Gasteiger partial charge is 0.395 e. The van der Waals surface area contributed by atoms with E-state index in [-0.39, 0.29) is 11.6 Å². The second-order valence-corrected chi connectivity index (χ2v) is 4.69. The number of H-pyrrole nitrogens is 1. The van der Waals surface area contributed by atoms with Crippen molar-refractivity contribution in [3.05, 3.63) is 11.4 Å². The van der Waals surface area contributed by atoms with Gasteiger partial charge in [0.15, 0.2) is 5.69 Å². The van der Waals surface area contributed by atoms with E-state index in [0.717, 1.165) is 12.1 Å². The molecule has 0 aliphatic rings. The molecular formula is C12H22N4O2. The van der Waals surface area contributed by atoms with E-state index in [0.29, 0.717) is 18.8 Å². The van der Waals surface area contributed by atoms with E-state index in [1.807, 2.05) is 27.7 Å². The fourth-order valence-electron chi connectivity index (χ4n) is 1.65. The molecule has 1 heterocycles. The monoisotopic (exact) mass is 254 g/mol. The van der Waals surface area contributed by atoms with Gasteiger partial charge in [-0.25, -0.2) is 0 Å². The highest BCUT2D eigenvalue weighted by Gasteiger charge is 2.21. The van der Waals surface area contributed by atoms with Crippen LogP contribution in [0.2, 0.25) is 0 Å². The summed E-state index contributed by atoms with van der Waals surface area (Å²) in [6, 6.07) is 0. The highest BCUT2D eigenvalue weighted by molar-refractivity contribution is 5.97. The van der Waals surface area contributed by atoms with Gasteiger partial charge >= 0.3 is 0 Å². The van der Waals surface area contributed by atoms with Crippen molar-refractivity contribution in [1.82, 2.24) is 15.5 Å². The summed E-state index contributed by atoms with van der Waals surface area (Å²) in [6.45, 7) is 8.72. The van der Waals surface area contributed by atoms with E-state index < -0.39 is 5.60 Å². The molecule has 102 valence electrons. The van der Waals surface area contributed by atoms with Crippen LogP contribution in [0.4, 0.5) is 5.69 Å². The highest BCUT2D eigenvalue weighted by atomic mass is 16.5. The Kier molecular flexibility index (Phi) is 4.72. The molecule has 4 N–H and O–H groups in total. The number of carbonyl (C=O) groups excluding carboxylic acids is 1. The summed E-state index contributed by atoms with van der Waals surface area (Å²) < 4.78 is 5.50. The smallest absolute Gasteiger partial charge is 0.274 e. The van der Waals surface area contributed by atoms with Crippen molar-refractivity contribution in [2.75, 3.05) is 18.9 Å². The van der Waals surface area contributed by atoms with Gasteiger partial charge in [0.25, 0.3) is 5.91 Å². The number of aromatic amines is 1. The van der Waals surface area contributed by atoms with Gasteiger partial charge in [-0.15, -0.1) is 0 Å². The predicted molar refractivity (Wildman–Crippen MR) is 70.4 cm³/mol. The first-order valence-corrected chi connectivity index (χ1v) is 6.16. The lowest BCUT2D eigenvalue weighted by atomic mass is 10.1. The molecule has 0 bridgehead atoms. The molecule has 0 aromatic carbocycles. The standard InChI is InChI=1S/C12H22N4O2/c1-5-8-9(13)10(16-15-8)11(17)14-7-12(3,4)18-6-2/h5-7,13H2,1-4H3,(H,14,17)(H,15,16). The molecule has 0 radical (unpaired) electrons. The minimum atomic E-state index is -0.400. The second kappa shape index (κ2) is 5.86. The van der Waals surface area contributed by atoms with Crippen LogP contribution in [0.5, 0.6) is 0 Å². The number of nitrogens with one attached hydrogen (secondary N) is 2. The van der Waals surface area contributed by atoms with Crippen LogP contribution in [0.1, 0.15) is 43.9 Å². The minimum absolute atomic E-state index is 0.249. The molecule has 0 fully saturated rings. The van der Waals surface area contributed by atoms with Gasteiger partial charge in [-0.1, -0.05) is 6.92 Å². The molecule has 0 saturated heterocycles. The predicted octanol–water partition coefficient (Wildman–Crippen LogP) is 1.10. The molecular weight excluding hydrogens is 232 g/mol. The molecule has 0 spiro atoms. The second-order valence-electron chi connectivity index (χ2n) is 4.69. The van der Waals surface area contributed by atoms with Crippen LogP contribution in [0.15, 0.2) is 0 Å². The molecule has 0 saturated carbocycles. The van der Waals surface area contributed by atoms with Crippen molar-refractivity contribution in [1.29, 1.82) is 0 Å². The van der Waals surface area contributed by atoms with Crippen molar-refractivity contribution in [3.8, 4) is 0 Å². The summed E-state index contributed by atoms with van der Waals surface area (Å²) in [5.74, 6) is -0.281. The molecule has 0 aliphatic carbocycles. The lowest BCUT2D eigenvalue weighted by molar-refractivity contribution is -0.00818. The van der Waals surface area contributed by atoms with E-state index in [2.05, 4.69) is 15.5 Å². The van der Waals surface area contributed by atoms with Crippen LogP contribution in [0.3, 0.4) is 0 Å². The van der Waals surface area contributed by atoms with Gasteiger partial charge in [0, 0.05) is 13.2 Å². The number of hydrogen-bond acceptors (Lipinski definition) is 4. The molecule has 0 unspecified atom stereocenters. The van der Waals surface area contributed by atoms with Crippen LogP contribution in [0.25, 0.3) is 0 Å². The molecule has 6 nitrogen and oxygen atoms in total. The number of ether oxygens (including phenoxy) is 1. The third kappa shape index (κ3) is 3.46. The SMILES string of the molecule is CCOC(C)(C)CNC(=O)c1n[nH]c(CC)c1N. The Bertz CT molecular complexity index is 412. The molecule has 18 heavy (non-hydrogen) atoms. The summed E-state index contributed by atoms with van der Waals surface area (Å²) >= 11 is 0. The van der Waals surface area contributed by atoms with E-state index in [1.54, 1.807) is 0 Å². The van der Waals surface area contributed by atoms with Crippen molar-refractivity contribution in [3.63, 3.8) is 0 Å². The normalized spacial score (nSPS) is 11.6. The quantitative estimate of drug-likeness (QED) is 0.708. The first kappa shape index (κ1) is 14.5. The zero-order valence-corrected chi connectivity index (χ0v) is 11.5. The summed E-state index contributed by atoms with van der Waals surface area (Å²) in [4.78, 5) is 11.9. The molecule has 1 rings (SSSR count). The fourth-order valence-corrected chi connectivity index (χ4v) is 1.65. The van der Waals surface area contributed by atoms with Crippen LogP contribution in [-0.2, 0) is 11.2 Å². The van der Waals surface area contributed by atoms with Crippen LogP contribution < -0.4 is 11.1 Å². The fraction of sp³-hybridized carbons (Fsp3) is 0.667. The lowest BCUT2D eigenvalue weighted by Gasteiger charge is -2.24. The number of rotatable bonds is 6. The van der Waals surface area contributed by atoms with Gasteiger partial charge in [-0.05, 0) is 27.2 Å². The van der Waals surface area contributed by atoms with Gasteiger partial charge < -0.3 is 15.8 Å². The van der Waals surface area contributed by atoms with Crippen LogP contribution in [0, 0.1) is 0 Å². The Morgan fingerprint density at radius 3 is 2.67 bits per heavy atom. The third-order valence-corrected chi connectivity index (χ3v) is 2.66. The van der Waals surface area contributed by atoms with E-state index in [9.17, 15) is 4.79 Å². The average molecular weight is 254 g/mol. The highest BCUT2D eigenvalue weighted by Crippen LogP contribution is 2.14. The number of aryl methyl sites for hydroxylation is 1. The number of hydrogen-bond donors (Lipinski definition) is 3. The van der Waals surface area contributed by atoms with E-state index >= 15 is 0 Å². The molecule has 1 aromatic heterocycles. The number of nitrogens with zero attached hydrogens (tertiary/aromatic N) is 1. The lowest BCUT2D eigenvalue weighted by Crippen LogP contribution is -2.40. The molecule has 6 heteroatoms. The zero-order valence-electron chi connectivity index (χ0n) is 11.5. The Morgan fingerprint density at radius 1 is 1.50 bits per heavy atom. The summed E-state index contributed by atoms with van der Waals surface area (Å²) in [5.41, 5.74) is 6.88. The first-order valence-electron chi connectivity index (χ1n) is 6.16. The number of amides is 1. The van der Waals surface area contributed by atoms with Crippen LogP contribution in [-0.4, -0.2) is 34.9 Å². The van der Waals surface area contributed by atoms with Crippen molar-refractivity contribution in [2.24, 2.45) is 0 Å². The number of aromatic nitrogens is 2. The minimum Gasteiger partial charge on any atom is -0.395 e. The summed E-state index contributed by atoms with van der Waals surface area (Å²) in [7, 11) is 0. The van der Waals surface area contributed by atoms with E-state index in [4.69, 9.17) is 10.5 Å². The maximum Gasteiger partial charge on any atom is 0.274 e. The van der Waals surface area contributed by atoms with Gasteiger partial charge in [-0.2, -0.15) is 5.10 Å². The molecule has 0 atom stereocenters. The van der Waals surface area contributed by atoms with Gasteiger partial charge in [0.2, 0.25) is 0 Å². The maximum absolute atomic E-state index is 11.9. The Labute approximate surface area is 107 Å².